The molecule has 4 nitrogen and oxygen atoms in total. The molecule has 0 aromatic carbocycles. The number of rotatable bonds is 3. The maximum absolute atomic E-state index is 5.69. The van der Waals surface area contributed by atoms with Gasteiger partial charge in [0, 0.05) is 31.0 Å². The van der Waals surface area contributed by atoms with Gasteiger partial charge in [-0.05, 0) is 18.9 Å². The minimum Gasteiger partial charge on any atom is -0.379 e. The molecular weight excluding hydrogens is 190 g/mol. The first-order valence-corrected chi connectivity index (χ1v) is 5.64. The second kappa shape index (κ2) is 4.77. The Kier molecular flexibility index (Phi) is 3.38. The van der Waals surface area contributed by atoms with Gasteiger partial charge in [-0.1, -0.05) is 6.92 Å². The Morgan fingerprint density at radius 1 is 1.73 bits per heavy atom. The molecule has 2 N–H and O–H groups in total. The molecule has 0 saturated carbocycles. The molecule has 1 fully saturated rings. The van der Waals surface area contributed by atoms with Crippen molar-refractivity contribution >= 4 is 0 Å². The largest absolute Gasteiger partial charge is 0.379 e. The van der Waals surface area contributed by atoms with Crippen molar-refractivity contribution in [3.8, 4) is 0 Å². The monoisotopic (exact) mass is 209 g/mol. The Labute approximate surface area is 90.4 Å². The average Bonchev–Trinajstić information content (AvgIpc) is 2.78. The topological polar surface area (TPSA) is 53.1 Å². The first kappa shape index (κ1) is 10.6. The molecule has 4 heteroatoms. The first-order valence-electron chi connectivity index (χ1n) is 5.64. The van der Waals surface area contributed by atoms with Crippen LogP contribution in [0.2, 0.25) is 0 Å². The number of nitrogens with zero attached hydrogens (tertiary/aromatic N) is 2. The van der Waals surface area contributed by atoms with E-state index in [0.29, 0.717) is 18.5 Å². The zero-order valence-corrected chi connectivity index (χ0v) is 9.22. The number of ether oxygens (including phenoxy) is 1. The smallest absolute Gasteiger partial charge is 0.0756 e. The van der Waals surface area contributed by atoms with Gasteiger partial charge >= 0.3 is 0 Å². The van der Waals surface area contributed by atoms with Crippen molar-refractivity contribution in [2.75, 3.05) is 19.8 Å². The normalized spacial score (nSPS) is 24.0. The van der Waals surface area contributed by atoms with Gasteiger partial charge < -0.3 is 10.5 Å². The van der Waals surface area contributed by atoms with Crippen LogP contribution in [0.5, 0.6) is 0 Å². The molecule has 1 saturated heterocycles. The molecule has 1 aromatic heterocycles. The zero-order valence-electron chi connectivity index (χ0n) is 9.22. The maximum atomic E-state index is 5.69. The Balaban J connectivity index is 2.15. The second-order valence-corrected chi connectivity index (χ2v) is 4.21. The summed E-state index contributed by atoms with van der Waals surface area (Å²) in [5.74, 6) is 0.370. The Hall–Kier alpha value is -0.870. The van der Waals surface area contributed by atoms with Gasteiger partial charge in [-0.15, -0.1) is 0 Å². The van der Waals surface area contributed by atoms with Gasteiger partial charge in [0.1, 0.15) is 0 Å². The van der Waals surface area contributed by atoms with E-state index in [1.807, 2.05) is 6.20 Å². The molecule has 2 unspecified atom stereocenters. The van der Waals surface area contributed by atoms with Crippen molar-refractivity contribution in [3.63, 3.8) is 0 Å². The van der Waals surface area contributed by atoms with Gasteiger partial charge in [0.05, 0.1) is 12.6 Å². The summed E-state index contributed by atoms with van der Waals surface area (Å²) in [5, 5.41) is 4.39. The van der Waals surface area contributed by atoms with Crippen LogP contribution in [0, 0.1) is 0 Å². The minimum atomic E-state index is 0.370. The lowest BCUT2D eigenvalue weighted by Crippen LogP contribution is -2.25. The molecule has 2 atom stereocenters. The lowest BCUT2D eigenvalue weighted by molar-refractivity contribution is 0.0536. The fraction of sp³-hybridized carbons (Fsp3) is 0.727. The molecule has 1 aliphatic rings. The van der Waals surface area contributed by atoms with E-state index in [-0.39, 0.29) is 0 Å². The van der Waals surface area contributed by atoms with Gasteiger partial charge in [0.25, 0.3) is 0 Å². The van der Waals surface area contributed by atoms with Crippen LogP contribution in [-0.2, 0) is 4.74 Å². The third kappa shape index (κ3) is 2.21. The summed E-state index contributed by atoms with van der Waals surface area (Å²) in [6.45, 7) is 4.47. The fourth-order valence-electron chi connectivity index (χ4n) is 2.06. The van der Waals surface area contributed by atoms with E-state index >= 15 is 0 Å². The molecule has 0 aliphatic carbocycles. The van der Waals surface area contributed by atoms with Crippen molar-refractivity contribution in [2.24, 2.45) is 5.73 Å². The summed E-state index contributed by atoms with van der Waals surface area (Å²) < 4.78 is 7.58. The average molecular weight is 209 g/mol. The van der Waals surface area contributed by atoms with Crippen LogP contribution in [0.3, 0.4) is 0 Å². The van der Waals surface area contributed by atoms with E-state index in [1.165, 1.54) is 5.69 Å². The first-order chi connectivity index (χ1) is 7.33. The van der Waals surface area contributed by atoms with Crippen molar-refractivity contribution < 1.29 is 4.74 Å². The van der Waals surface area contributed by atoms with E-state index in [1.54, 1.807) is 0 Å². The molecule has 0 radical (unpaired) electrons. The van der Waals surface area contributed by atoms with Crippen LogP contribution in [-0.4, -0.2) is 29.5 Å². The predicted octanol–water partition coefficient (Wildman–Crippen LogP) is 1.30. The van der Waals surface area contributed by atoms with E-state index in [9.17, 15) is 0 Å². The molecule has 2 rings (SSSR count). The zero-order chi connectivity index (χ0) is 10.7. The highest BCUT2D eigenvalue weighted by Gasteiger charge is 2.20. The predicted molar refractivity (Wildman–Crippen MR) is 58.8 cm³/mol. The third-order valence-electron chi connectivity index (χ3n) is 3.04. The third-order valence-corrected chi connectivity index (χ3v) is 3.04. The number of hydrogen-bond acceptors (Lipinski definition) is 3. The van der Waals surface area contributed by atoms with E-state index in [2.05, 4.69) is 22.8 Å². The SMILES string of the molecule is CC(CN)c1ccnn1C1CCCOC1. The van der Waals surface area contributed by atoms with Gasteiger partial charge in [0.15, 0.2) is 0 Å². The molecular formula is C11H19N3O. The molecule has 84 valence electrons. The van der Waals surface area contributed by atoms with Crippen molar-refractivity contribution in [1.82, 2.24) is 9.78 Å². The Morgan fingerprint density at radius 2 is 2.60 bits per heavy atom. The lowest BCUT2D eigenvalue weighted by atomic mass is 10.1. The summed E-state index contributed by atoms with van der Waals surface area (Å²) in [7, 11) is 0. The summed E-state index contributed by atoms with van der Waals surface area (Å²) in [5.41, 5.74) is 6.92. The van der Waals surface area contributed by atoms with Gasteiger partial charge in [-0.25, -0.2) is 0 Å². The van der Waals surface area contributed by atoms with Crippen LogP contribution < -0.4 is 5.73 Å². The van der Waals surface area contributed by atoms with Gasteiger partial charge in [-0.3, -0.25) is 4.68 Å². The summed E-state index contributed by atoms with van der Waals surface area (Å²) >= 11 is 0. The number of nitrogens with two attached hydrogens (primary N) is 1. The van der Waals surface area contributed by atoms with Gasteiger partial charge in [-0.2, -0.15) is 5.10 Å². The van der Waals surface area contributed by atoms with Crippen molar-refractivity contribution in [1.29, 1.82) is 0 Å². The molecule has 0 spiro atoms. The maximum Gasteiger partial charge on any atom is 0.0756 e. The number of hydrogen-bond donors (Lipinski definition) is 1. The summed E-state index contributed by atoms with van der Waals surface area (Å²) in [6.07, 6.45) is 4.14. The van der Waals surface area contributed by atoms with E-state index in [4.69, 9.17) is 10.5 Å². The van der Waals surface area contributed by atoms with Crippen LogP contribution in [0.4, 0.5) is 0 Å². The molecule has 0 amide bonds. The number of aromatic nitrogens is 2. The molecule has 1 aliphatic heterocycles. The fourth-order valence-corrected chi connectivity index (χ4v) is 2.06. The second-order valence-electron chi connectivity index (χ2n) is 4.21. The van der Waals surface area contributed by atoms with Crippen LogP contribution >= 0.6 is 0 Å². The van der Waals surface area contributed by atoms with E-state index in [0.717, 1.165) is 26.1 Å². The van der Waals surface area contributed by atoms with Crippen LogP contribution in [0.15, 0.2) is 12.3 Å². The minimum absolute atomic E-state index is 0.370. The summed E-state index contributed by atoms with van der Waals surface area (Å²) in [4.78, 5) is 0. The van der Waals surface area contributed by atoms with Crippen LogP contribution in [0.25, 0.3) is 0 Å². The Bertz CT molecular complexity index is 305. The van der Waals surface area contributed by atoms with Crippen LogP contribution in [0.1, 0.15) is 37.4 Å². The highest BCUT2D eigenvalue weighted by molar-refractivity contribution is 5.08. The lowest BCUT2D eigenvalue weighted by Gasteiger charge is -2.25. The standard InChI is InChI=1S/C11H19N3O/c1-9(7-12)11-4-5-13-14(11)10-3-2-6-15-8-10/h4-5,9-10H,2-3,6-8,12H2,1H3. The Morgan fingerprint density at radius 3 is 3.27 bits per heavy atom. The molecule has 0 bridgehead atoms. The van der Waals surface area contributed by atoms with Crippen molar-refractivity contribution in [3.05, 3.63) is 18.0 Å². The quantitative estimate of drug-likeness (QED) is 0.816. The molecule has 15 heavy (non-hydrogen) atoms. The van der Waals surface area contributed by atoms with E-state index < -0.39 is 0 Å². The van der Waals surface area contributed by atoms with Gasteiger partial charge in [0.2, 0.25) is 0 Å². The highest BCUT2D eigenvalue weighted by Crippen LogP contribution is 2.23. The molecule has 1 aromatic rings. The van der Waals surface area contributed by atoms with Crippen molar-refractivity contribution in [2.45, 2.75) is 31.7 Å². The summed E-state index contributed by atoms with van der Waals surface area (Å²) in [6, 6.07) is 2.46. The highest BCUT2D eigenvalue weighted by atomic mass is 16.5. The molecule has 2 heterocycles.